The van der Waals surface area contributed by atoms with Crippen molar-refractivity contribution in [2.75, 3.05) is 0 Å². The molecule has 0 unspecified atom stereocenters. The second-order valence-corrected chi connectivity index (χ2v) is 5.09. The Morgan fingerprint density at radius 2 is 2.07 bits per heavy atom. The lowest BCUT2D eigenvalue weighted by atomic mass is 9.77. The first-order valence-electron chi connectivity index (χ1n) is 5.70. The molecule has 1 aromatic rings. The summed E-state index contributed by atoms with van der Waals surface area (Å²) < 4.78 is 0. The number of hydrogen-bond donors (Lipinski definition) is 0. The lowest BCUT2D eigenvalue weighted by Crippen LogP contribution is -2.19. The summed E-state index contributed by atoms with van der Waals surface area (Å²) in [6.45, 7) is 3.94. The van der Waals surface area contributed by atoms with E-state index in [0.29, 0.717) is 0 Å². The van der Waals surface area contributed by atoms with Crippen LogP contribution in [0.3, 0.4) is 0 Å². The predicted octanol–water partition coefficient (Wildman–Crippen LogP) is 3.43. The molecule has 1 aliphatic rings. The van der Waals surface area contributed by atoms with Crippen molar-refractivity contribution in [3.05, 3.63) is 35.4 Å². The highest BCUT2D eigenvalue weighted by molar-refractivity contribution is 5.67. The van der Waals surface area contributed by atoms with Crippen LogP contribution in [0.5, 0.6) is 0 Å². The minimum absolute atomic E-state index is 0.347. The molecule has 0 atom stereocenters. The normalized spacial score (nSPS) is 17.2. The Morgan fingerprint density at radius 1 is 1.33 bits per heavy atom. The van der Waals surface area contributed by atoms with E-state index >= 15 is 0 Å². The van der Waals surface area contributed by atoms with Crippen LogP contribution in [0.25, 0.3) is 0 Å². The highest BCUT2D eigenvalue weighted by Gasteiger charge is 2.23. The van der Waals surface area contributed by atoms with E-state index in [-0.39, 0.29) is 5.41 Å². The molecule has 0 N–H and O–H groups in total. The van der Waals surface area contributed by atoms with E-state index in [1.54, 1.807) is 0 Å². The molecule has 1 aliphatic carbocycles. The average Bonchev–Trinajstić information content (AvgIpc) is 2.16. The van der Waals surface area contributed by atoms with Gasteiger partial charge in [0.2, 0.25) is 0 Å². The highest BCUT2D eigenvalue weighted by atomic mass is 16.1. The molecule has 0 amide bonds. The minimum atomic E-state index is -0.347. The van der Waals surface area contributed by atoms with Crippen LogP contribution < -0.4 is 0 Å². The van der Waals surface area contributed by atoms with Crippen LogP contribution in [0.1, 0.15) is 50.2 Å². The van der Waals surface area contributed by atoms with Crippen LogP contribution >= 0.6 is 0 Å². The first-order valence-corrected chi connectivity index (χ1v) is 5.70. The third-order valence-corrected chi connectivity index (χ3v) is 3.50. The summed E-state index contributed by atoms with van der Waals surface area (Å²) in [7, 11) is 0. The Labute approximate surface area is 91.5 Å². The molecule has 1 fully saturated rings. The molecule has 2 rings (SSSR count). The number of rotatable bonds is 3. The molecular weight excluding hydrogens is 184 g/mol. The topological polar surface area (TPSA) is 17.1 Å². The molecule has 0 radical (unpaired) electrons. The Bertz CT molecular complexity index is 361. The summed E-state index contributed by atoms with van der Waals surface area (Å²) in [6.07, 6.45) is 5.01. The molecule has 1 saturated carbocycles. The zero-order valence-corrected chi connectivity index (χ0v) is 9.49. The molecule has 1 heteroatoms. The number of hydrogen-bond acceptors (Lipinski definition) is 1. The highest BCUT2D eigenvalue weighted by Crippen LogP contribution is 2.37. The summed E-state index contributed by atoms with van der Waals surface area (Å²) >= 11 is 0. The van der Waals surface area contributed by atoms with Gasteiger partial charge in [-0.1, -0.05) is 30.7 Å². The average molecular weight is 202 g/mol. The second kappa shape index (κ2) is 3.80. The fraction of sp³-hybridized carbons (Fsp3) is 0.500. The Hall–Kier alpha value is -1.11. The number of benzene rings is 1. The monoisotopic (exact) mass is 202 g/mol. The summed E-state index contributed by atoms with van der Waals surface area (Å²) in [5.41, 5.74) is 2.20. The van der Waals surface area contributed by atoms with Crippen LogP contribution in [-0.4, -0.2) is 6.29 Å². The van der Waals surface area contributed by atoms with Crippen molar-refractivity contribution >= 4 is 6.29 Å². The maximum atomic E-state index is 11.0. The number of carbonyl (C=O) groups excluding carboxylic acids is 1. The van der Waals surface area contributed by atoms with Gasteiger partial charge in [0.05, 0.1) is 0 Å². The SMILES string of the molecule is CC(C)(C=O)c1cccc(C2CCC2)c1. The van der Waals surface area contributed by atoms with Crippen LogP contribution in [0.4, 0.5) is 0 Å². The van der Waals surface area contributed by atoms with E-state index in [2.05, 4.69) is 24.3 Å². The maximum absolute atomic E-state index is 11.0. The smallest absolute Gasteiger partial charge is 0.129 e. The summed E-state index contributed by atoms with van der Waals surface area (Å²) in [5.74, 6) is 0.743. The van der Waals surface area contributed by atoms with E-state index in [1.807, 2.05) is 13.8 Å². The summed E-state index contributed by atoms with van der Waals surface area (Å²) in [5, 5.41) is 0. The van der Waals surface area contributed by atoms with Crippen LogP contribution in [0, 0.1) is 0 Å². The van der Waals surface area contributed by atoms with Crippen molar-refractivity contribution < 1.29 is 4.79 Å². The van der Waals surface area contributed by atoms with Crippen molar-refractivity contribution in [2.45, 2.75) is 44.4 Å². The molecule has 0 heterocycles. The zero-order chi connectivity index (χ0) is 10.9. The molecule has 1 nitrogen and oxygen atoms in total. The van der Waals surface area contributed by atoms with Crippen LogP contribution in [-0.2, 0) is 10.2 Å². The fourth-order valence-corrected chi connectivity index (χ4v) is 2.00. The van der Waals surface area contributed by atoms with Gasteiger partial charge >= 0.3 is 0 Å². The first kappa shape index (κ1) is 10.4. The van der Waals surface area contributed by atoms with Gasteiger partial charge in [0.1, 0.15) is 6.29 Å². The number of carbonyl (C=O) groups is 1. The van der Waals surface area contributed by atoms with E-state index in [9.17, 15) is 4.79 Å². The van der Waals surface area contributed by atoms with Gasteiger partial charge in [-0.3, -0.25) is 0 Å². The second-order valence-electron chi connectivity index (χ2n) is 5.09. The van der Waals surface area contributed by atoms with Gasteiger partial charge in [0, 0.05) is 5.41 Å². The van der Waals surface area contributed by atoms with Gasteiger partial charge in [-0.25, -0.2) is 0 Å². The molecular formula is C14H18O. The number of aldehydes is 1. The maximum Gasteiger partial charge on any atom is 0.129 e. The lowest BCUT2D eigenvalue weighted by Gasteiger charge is -2.27. The Kier molecular flexibility index (Phi) is 2.64. The lowest BCUT2D eigenvalue weighted by molar-refractivity contribution is -0.111. The predicted molar refractivity (Wildman–Crippen MR) is 62.1 cm³/mol. The van der Waals surface area contributed by atoms with Gasteiger partial charge in [0.25, 0.3) is 0 Å². The van der Waals surface area contributed by atoms with Crippen molar-refractivity contribution in [3.63, 3.8) is 0 Å². The van der Waals surface area contributed by atoms with Gasteiger partial charge in [0.15, 0.2) is 0 Å². The Morgan fingerprint density at radius 3 is 2.60 bits per heavy atom. The van der Waals surface area contributed by atoms with E-state index in [0.717, 1.165) is 17.8 Å². The largest absolute Gasteiger partial charge is 0.302 e. The molecule has 0 bridgehead atoms. The molecule has 15 heavy (non-hydrogen) atoms. The molecule has 80 valence electrons. The van der Waals surface area contributed by atoms with E-state index < -0.39 is 0 Å². The fourth-order valence-electron chi connectivity index (χ4n) is 2.00. The van der Waals surface area contributed by atoms with Crippen molar-refractivity contribution in [1.82, 2.24) is 0 Å². The van der Waals surface area contributed by atoms with Gasteiger partial charge < -0.3 is 4.79 Å². The van der Waals surface area contributed by atoms with Gasteiger partial charge in [-0.05, 0) is 43.7 Å². The third-order valence-electron chi connectivity index (χ3n) is 3.50. The Balaban J connectivity index is 2.29. The van der Waals surface area contributed by atoms with Crippen LogP contribution in [0.15, 0.2) is 24.3 Å². The van der Waals surface area contributed by atoms with Crippen molar-refractivity contribution in [1.29, 1.82) is 0 Å². The quantitative estimate of drug-likeness (QED) is 0.686. The molecule has 0 aliphatic heterocycles. The minimum Gasteiger partial charge on any atom is -0.302 e. The van der Waals surface area contributed by atoms with Gasteiger partial charge in [-0.2, -0.15) is 0 Å². The standard InChI is InChI=1S/C14H18O/c1-14(2,10-15)13-8-4-7-12(9-13)11-5-3-6-11/h4,7-11H,3,5-6H2,1-2H3. The molecule has 0 saturated heterocycles. The third kappa shape index (κ3) is 1.97. The summed E-state index contributed by atoms with van der Waals surface area (Å²) in [4.78, 5) is 11.0. The molecule has 1 aromatic carbocycles. The van der Waals surface area contributed by atoms with E-state index in [1.165, 1.54) is 24.8 Å². The van der Waals surface area contributed by atoms with E-state index in [4.69, 9.17) is 0 Å². The molecule has 0 spiro atoms. The van der Waals surface area contributed by atoms with Gasteiger partial charge in [-0.15, -0.1) is 0 Å². The van der Waals surface area contributed by atoms with Crippen molar-refractivity contribution in [2.24, 2.45) is 0 Å². The zero-order valence-electron chi connectivity index (χ0n) is 9.49. The first-order chi connectivity index (χ1) is 7.13. The molecule has 0 aromatic heterocycles. The van der Waals surface area contributed by atoms with Crippen LogP contribution in [0.2, 0.25) is 0 Å². The van der Waals surface area contributed by atoms with Crippen molar-refractivity contribution in [3.8, 4) is 0 Å². The summed E-state index contributed by atoms with van der Waals surface area (Å²) in [6, 6.07) is 8.53.